The molecule has 0 bridgehead atoms. The minimum Gasteiger partial charge on any atom is -0.457 e. The molecule has 1 fully saturated rings. The van der Waals surface area contributed by atoms with E-state index in [0.717, 1.165) is 12.0 Å². The van der Waals surface area contributed by atoms with Crippen molar-refractivity contribution in [3.63, 3.8) is 0 Å². The first-order valence-electron chi connectivity index (χ1n) is 9.62. The fraction of sp³-hybridized carbons (Fsp3) is 0.174. The SMILES string of the molecule is NC(=O)C1CCCN1C(=O)c1cccc(-c2ccc(Oc3ccc(F)cc3)cc2)n1. The molecular weight excluding hydrogens is 385 g/mol. The van der Waals surface area contributed by atoms with Crippen LogP contribution >= 0.6 is 0 Å². The molecular formula is C23H20FN3O3. The highest BCUT2D eigenvalue weighted by molar-refractivity contribution is 5.96. The summed E-state index contributed by atoms with van der Waals surface area (Å²) in [4.78, 5) is 30.4. The van der Waals surface area contributed by atoms with Crippen LogP contribution in [0.2, 0.25) is 0 Å². The zero-order valence-corrected chi connectivity index (χ0v) is 16.1. The van der Waals surface area contributed by atoms with Crippen LogP contribution in [0.4, 0.5) is 4.39 Å². The lowest BCUT2D eigenvalue weighted by Gasteiger charge is -2.21. The van der Waals surface area contributed by atoms with Crippen molar-refractivity contribution < 1.29 is 18.7 Å². The number of amides is 2. The maximum atomic E-state index is 13.0. The lowest BCUT2D eigenvalue weighted by Crippen LogP contribution is -2.43. The number of carbonyl (C=O) groups excluding carboxylic acids is 2. The van der Waals surface area contributed by atoms with Crippen molar-refractivity contribution in [2.45, 2.75) is 18.9 Å². The van der Waals surface area contributed by atoms with Crippen LogP contribution in [0.5, 0.6) is 11.5 Å². The zero-order chi connectivity index (χ0) is 21.1. The molecule has 2 aromatic carbocycles. The van der Waals surface area contributed by atoms with Gasteiger partial charge < -0.3 is 15.4 Å². The van der Waals surface area contributed by atoms with Gasteiger partial charge >= 0.3 is 0 Å². The Morgan fingerprint density at radius 1 is 1.00 bits per heavy atom. The van der Waals surface area contributed by atoms with E-state index in [0.29, 0.717) is 30.2 Å². The number of likely N-dealkylation sites (tertiary alicyclic amines) is 1. The van der Waals surface area contributed by atoms with E-state index in [1.165, 1.54) is 17.0 Å². The summed E-state index contributed by atoms with van der Waals surface area (Å²) in [5, 5.41) is 0. The molecule has 6 nitrogen and oxygen atoms in total. The van der Waals surface area contributed by atoms with Gasteiger partial charge in [0.2, 0.25) is 5.91 Å². The molecule has 2 N–H and O–H groups in total. The molecule has 1 aliphatic heterocycles. The Hall–Kier alpha value is -3.74. The monoisotopic (exact) mass is 405 g/mol. The second-order valence-electron chi connectivity index (χ2n) is 7.05. The van der Waals surface area contributed by atoms with Gasteiger partial charge in [0.25, 0.3) is 5.91 Å². The van der Waals surface area contributed by atoms with Crippen LogP contribution in [0, 0.1) is 5.82 Å². The van der Waals surface area contributed by atoms with Crippen LogP contribution < -0.4 is 10.5 Å². The molecule has 1 saturated heterocycles. The highest BCUT2D eigenvalue weighted by Gasteiger charge is 2.33. The number of rotatable bonds is 5. The first-order valence-corrected chi connectivity index (χ1v) is 9.62. The molecule has 3 aromatic rings. The number of hydrogen-bond donors (Lipinski definition) is 1. The Morgan fingerprint density at radius 2 is 1.67 bits per heavy atom. The summed E-state index contributed by atoms with van der Waals surface area (Å²) in [5.74, 6) is 0.0147. The van der Waals surface area contributed by atoms with E-state index >= 15 is 0 Å². The molecule has 2 amide bonds. The standard InChI is InChI=1S/C23H20FN3O3/c24-16-8-12-18(13-9-16)30-17-10-6-15(7-11-17)19-3-1-4-20(26-19)23(29)27-14-2-5-21(27)22(25)28/h1,3-4,6-13,21H,2,5,14H2,(H2,25,28). The second-order valence-corrected chi connectivity index (χ2v) is 7.05. The average Bonchev–Trinajstić information content (AvgIpc) is 3.26. The summed E-state index contributed by atoms with van der Waals surface area (Å²) >= 11 is 0. The average molecular weight is 405 g/mol. The second kappa shape index (κ2) is 8.32. The normalized spacial score (nSPS) is 15.8. The Labute approximate surface area is 173 Å². The minimum atomic E-state index is -0.578. The van der Waals surface area contributed by atoms with Crippen LogP contribution in [0.3, 0.4) is 0 Å². The van der Waals surface area contributed by atoms with Crippen molar-refractivity contribution in [2.75, 3.05) is 6.54 Å². The Balaban J connectivity index is 1.51. The largest absolute Gasteiger partial charge is 0.457 e. The van der Waals surface area contributed by atoms with E-state index in [9.17, 15) is 14.0 Å². The summed E-state index contributed by atoms with van der Waals surface area (Å²) in [6.07, 6.45) is 1.32. The summed E-state index contributed by atoms with van der Waals surface area (Å²) < 4.78 is 18.7. The maximum Gasteiger partial charge on any atom is 0.273 e. The van der Waals surface area contributed by atoms with Crippen LogP contribution in [0.1, 0.15) is 23.3 Å². The molecule has 0 saturated carbocycles. The van der Waals surface area contributed by atoms with Gasteiger partial charge in [0, 0.05) is 12.1 Å². The molecule has 1 unspecified atom stereocenters. The van der Waals surface area contributed by atoms with Gasteiger partial charge in [-0.3, -0.25) is 9.59 Å². The fourth-order valence-electron chi connectivity index (χ4n) is 3.50. The molecule has 2 heterocycles. The summed E-state index contributed by atoms with van der Waals surface area (Å²) in [7, 11) is 0. The van der Waals surface area contributed by atoms with Crippen molar-refractivity contribution >= 4 is 11.8 Å². The molecule has 0 spiro atoms. The van der Waals surface area contributed by atoms with Gasteiger partial charge in [-0.15, -0.1) is 0 Å². The predicted octanol–water partition coefficient (Wildman–Crippen LogP) is 3.77. The highest BCUT2D eigenvalue weighted by atomic mass is 19.1. The van der Waals surface area contributed by atoms with E-state index in [2.05, 4.69) is 4.98 Å². The van der Waals surface area contributed by atoms with E-state index in [-0.39, 0.29) is 17.4 Å². The smallest absolute Gasteiger partial charge is 0.273 e. The lowest BCUT2D eigenvalue weighted by atomic mass is 10.1. The third kappa shape index (κ3) is 4.15. The number of benzene rings is 2. The van der Waals surface area contributed by atoms with Crippen LogP contribution in [-0.4, -0.2) is 34.3 Å². The van der Waals surface area contributed by atoms with Gasteiger partial charge in [0.1, 0.15) is 29.1 Å². The predicted molar refractivity (Wildman–Crippen MR) is 109 cm³/mol. The van der Waals surface area contributed by atoms with Crippen LogP contribution in [0.15, 0.2) is 66.7 Å². The van der Waals surface area contributed by atoms with Crippen molar-refractivity contribution in [1.82, 2.24) is 9.88 Å². The maximum absolute atomic E-state index is 13.0. The summed E-state index contributed by atoms with van der Waals surface area (Å²) in [5.41, 5.74) is 7.13. The summed E-state index contributed by atoms with van der Waals surface area (Å²) in [6.45, 7) is 0.494. The minimum absolute atomic E-state index is 0.271. The van der Waals surface area contributed by atoms with E-state index in [1.54, 1.807) is 36.4 Å². The molecule has 152 valence electrons. The number of ether oxygens (including phenoxy) is 1. The lowest BCUT2D eigenvalue weighted by molar-refractivity contribution is -0.121. The van der Waals surface area contributed by atoms with Gasteiger partial charge in [-0.1, -0.05) is 6.07 Å². The van der Waals surface area contributed by atoms with Gasteiger partial charge in [-0.2, -0.15) is 0 Å². The van der Waals surface area contributed by atoms with Crippen molar-refractivity contribution in [2.24, 2.45) is 5.73 Å². The van der Waals surface area contributed by atoms with Crippen molar-refractivity contribution in [3.8, 4) is 22.8 Å². The van der Waals surface area contributed by atoms with Gasteiger partial charge in [-0.05, 0) is 73.5 Å². The van der Waals surface area contributed by atoms with Gasteiger partial charge in [0.05, 0.1) is 5.69 Å². The van der Waals surface area contributed by atoms with E-state index < -0.39 is 11.9 Å². The zero-order valence-electron chi connectivity index (χ0n) is 16.1. The molecule has 1 aromatic heterocycles. The first-order chi connectivity index (χ1) is 14.5. The molecule has 0 radical (unpaired) electrons. The van der Waals surface area contributed by atoms with E-state index in [4.69, 9.17) is 10.5 Å². The molecule has 4 rings (SSSR count). The Kier molecular flexibility index (Phi) is 5.43. The first kappa shape index (κ1) is 19.6. The molecule has 1 aliphatic rings. The number of carbonyl (C=O) groups is 2. The highest BCUT2D eigenvalue weighted by Crippen LogP contribution is 2.26. The molecule has 1 atom stereocenters. The number of nitrogens with zero attached hydrogens (tertiary/aromatic N) is 2. The molecule has 0 aliphatic carbocycles. The number of primary amides is 1. The van der Waals surface area contributed by atoms with E-state index in [1.807, 2.05) is 18.2 Å². The van der Waals surface area contributed by atoms with Crippen molar-refractivity contribution in [1.29, 1.82) is 0 Å². The topological polar surface area (TPSA) is 85.5 Å². The third-order valence-electron chi connectivity index (χ3n) is 5.01. The Bertz CT molecular complexity index is 1070. The number of halogens is 1. The molecule has 7 heteroatoms. The van der Waals surface area contributed by atoms with Crippen LogP contribution in [-0.2, 0) is 4.79 Å². The number of aromatic nitrogens is 1. The quantitative estimate of drug-likeness (QED) is 0.700. The van der Waals surface area contributed by atoms with Crippen LogP contribution in [0.25, 0.3) is 11.3 Å². The van der Waals surface area contributed by atoms with Gasteiger partial charge in [-0.25, -0.2) is 9.37 Å². The number of hydrogen-bond acceptors (Lipinski definition) is 4. The summed E-state index contributed by atoms with van der Waals surface area (Å²) in [6, 6.07) is 17.6. The number of nitrogens with two attached hydrogens (primary N) is 1. The van der Waals surface area contributed by atoms with Crippen molar-refractivity contribution in [3.05, 3.63) is 78.2 Å². The molecule has 30 heavy (non-hydrogen) atoms. The third-order valence-corrected chi connectivity index (χ3v) is 5.01. The fourth-order valence-corrected chi connectivity index (χ4v) is 3.50. The van der Waals surface area contributed by atoms with Gasteiger partial charge in [0.15, 0.2) is 0 Å². The Morgan fingerprint density at radius 3 is 2.33 bits per heavy atom. The number of pyridine rings is 1.